The summed E-state index contributed by atoms with van der Waals surface area (Å²) in [5.74, 6) is 3.11. The number of hydrogen-bond acceptors (Lipinski definition) is 4. The van der Waals surface area contributed by atoms with Gasteiger partial charge in [-0.2, -0.15) is 16.9 Å². The zero-order valence-corrected chi connectivity index (χ0v) is 10.2. The van der Waals surface area contributed by atoms with Crippen LogP contribution in [0.25, 0.3) is 0 Å². The molecule has 1 aromatic rings. The number of nitrogens with zero attached hydrogens (tertiary/aromatic N) is 3. The number of aryl methyl sites for hydroxylation is 2. The Balaban J connectivity index is 2.12. The molecule has 86 valence electrons. The lowest BCUT2D eigenvalue weighted by molar-refractivity contribution is -0.117. The molecule has 5 nitrogen and oxygen atoms in total. The van der Waals surface area contributed by atoms with Gasteiger partial charge in [-0.15, -0.1) is 0 Å². The van der Waals surface area contributed by atoms with Crippen molar-refractivity contribution in [2.75, 3.05) is 28.3 Å². The van der Waals surface area contributed by atoms with Crippen LogP contribution in [0.3, 0.4) is 0 Å². The third-order valence-corrected chi connectivity index (χ3v) is 4.17. The maximum absolute atomic E-state index is 11.9. The Hall–Kier alpha value is -1.17. The fourth-order valence-corrected chi connectivity index (χ4v) is 3.45. The number of amides is 1. The highest BCUT2D eigenvalue weighted by Gasteiger charge is 2.37. The van der Waals surface area contributed by atoms with Crippen molar-refractivity contribution in [1.82, 2.24) is 9.78 Å². The Kier molecular flexibility index (Phi) is 2.14. The molecule has 3 heterocycles. The predicted octanol–water partition coefficient (Wildman–Crippen LogP) is 0.602. The number of anilines is 2. The number of thioether (sulfide) groups is 1. The van der Waals surface area contributed by atoms with Crippen molar-refractivity contribution in [3.8, 4) is 0 Å². The first-order chi connectivity index (χ1) is 7.68. The molecule has 1 atom stereocenters. The third-order valence-electron chi connectivity index (χ3n) is 3.14. The van der Waals surface area contributed by atoms with Crippen molar-refractivity contribution in [3.63, 3.8) is 0 Å². The molecule has 2 aliphatic rings. The number of carbonyl (C=O) groups excluding carboxylic acids is 1. The first-order valence-electron chi connectivity index (χ1n) is 5.37. The summed E-state index contributed by atoms with van der Waals surface area (Å²) >= 11 is 1.84. The largest absolute Gasteiger partial charge is 0.341 e. The van der Waals surface area contributed by atoms with Gasteiger partial charge >= 0.3 is 0 Å². The topological polar surface area (TPSA) is 50.2 Å². The van der Waals surface area contributed by atoms with E-state index in [0.717, 1.165) is 35.2 Å². The molecule has 1 aromatic heterocycles. The monoisotopic (exact) mass is 238 g/mol. The van der Waals surface area contributed by atoms with Crippen molar-refractivity contribution in [2.45, 2.75) is 13.0 Å². The Morgan fingerprint density at radius 2 is 2.38 bits per heavy atom. The van der Waals surface area contributed by atoms with Gasteiger partial charge in [0.15, 0.2) is 5.82 Å². The number of aromatic nitrogens is 2. The fraction of sp³-hybridized carbons (Fsp3) is 0.600. The molecule has 0 aromatic carbocycles. The minimum absolute atomic E-state index is 0.0268. The zero-order valence-electron chi connectivity index (χ0n) is 9.36. The zero-order chi connectivity index (χ0) is 11.3. The summed E-state index contributed by atoms with van der Waals surface area (Å²) in [6, 6.07) is -0.0268. The summed E-state index contributed by atoms with van der Waals surface area (Å²) in [4.78, 5) is 14.1. The van der Waals surface area contributed by atoms with Crippen LogP contribution < -0.4 is 10.2 Å². The van der Waals surface area contributed by atoms with Crippen LogP contribution in [0.1, 0.15) is 5.69 Å². The molecule has 3 rings (SSSR count). The van der Waals surface area contributed by atoms with Crippen LogP contribution in [0, 0.1) is 6.92 Å². The van der Waals surface area contributed by atoms with E-state index < -0.39 is 0 Å². The molecule has 0 bridgehead atoms. The SMILES string of the molecule is Cc1nn(C)c2c1NC(=O)C1CSCCN21. The Labute approximate surface area is 98.2 Å². The van der Waals surface area contributed by atoms with Crippen LogP contribution in [0.5, 0.6) is 0 Å². The molecule has 0 spiro atoms. The molecule has 0 radical (unpaired) electrons. The van der Waals surface area contributed by atoms with E-state index in [0.29, 0.717) is 0 Å². The Morgan fingerprint density at radius 3 is 3.19 bits per heavy atom. The molecule has 0 saturated carbocycles. The smallest absolute Gasteiger partial charge is 0.248 e. The minimum Gasteiger partial charge on any atom is -0.341 e. The molecule has 2 aliphatic heterocycles. The Bertz CT molecular complexity index is 456. The van der Waals surface area contributed by atoms with E-state index in [1.165, 1.54) is 0 Å². The highest BCUT2D eigenvalue weighted by Crippen LogP contribution is 2.36. The predicted molar refractivity (Wildman–Crippen MR) is 65.0 cm³/mol. The average molecular weight is 238 g/mol. The maximum Gasteiger partial charge on any atom is 0.248 e. The molecular formula is C10H14N4OS. The van der Waals surface area contributed by atoms with E-state index in [9.17, 15) is 4.79 Å². The number of hydrogen-bond donors (Lipinski definition) is 1. The van der Waals surface area contributed by atoms with Gasteiger partial charge in [-0.1, -0.05) is 0 Å². The molecule has 1 saturated heterocycles. The summed E-state index contributed by atoms with van der Waals surface area (Å²) in [7, 11) is 1.93. The van der Waals surface area contributed by atoms with E-state index in [1.54, 1.807) is 0 Å². The molecule has 16 heavy (non-hydrogen) atoms. The van der Waals surface area contributed by atoms with Gasteiger partial charge in [-0.25, -0.2) is 0 Å². The van der Waals surface area contributed by atoms with Gasteiger partial charge in [0, 0.05) is 25.1 Å². The van der Waals surface area contributed by atoms with Gasteiger partial charge in [-0.05, 0) is 6.92 Å². The maximum atomic E-state index is 11.9. The third kappa shape index (κ3) is 1.25. The van der Waals surface area contributed by atoms with Crippen molar-refractivity contribution >= 4 is 29.2 Å². The second-order valence-corrected chi connectivity index (χ2v) is 5.33. The lowest BCUT2D eigenvalue weighted by Gasteiger charge is -2.39. The lowest BCUT2D eigenvalue weighted by atomic mass is 10.1. The number of fused-ring (bicyclic) bond motifs is 3. The molecule has 1 N–H and O–H groups in total. The van der Waals surface area contributed by atoms with Crippen molar-refractivity contribution in [1.29, 1.82) is 0 Å². The van der Waals surface area contributed by atoms with Gasteiger partial charge in [0.2, 0.25) is 5.91 Å². The number of carbonyl (C=O) groups is 1. The van der Waals surface area contributed by atoms with Gasteiger partial charge in [-0.3, -0.25) is 9.48 Å². The fourth-order valence-electron chi connectivity index (χ4n) is 2.40. The van der Waals surface area contributed by atoms with Crippen molar-refractivity contribution in [2.24, 2.45) is 7.05 Å². The summed E-state index contributed by atoms with van der Waals surface area (Å²) in [6.07, 6.45) is 0. The van der Waals surface area contributed by atoms with Gasteiger partial charge in [0.25, 0.3) is 0 Å². The minimum atomic E-state index is -0.0268. The lowest BCUT2D eigenvalue weighted by Crippen LogP contribution is -2.53. The van der Waals surface area contributed by atoms with Crippen molar-refractivity contribution in [3.05, 3.63) is 5.69 Å². The van der Waals surface area contributed by atoms with E-state index in [-0.39, 0.29) is 11.9 Å². The quantitative estimate of drug-likeness (QED) is 0.719. The standard InChI is InChI=1S/C10H14N4OS/c1-6-8-10(13(2)12-6)14-3-4-16-5-7(14)9(15)11-8/h7H,3-5H2,1-2H3,(H,11,15). The molecule has 6 heteroatoms. The van der Waals surface area contributed by atoms with Crippen LogP contribution in [0.4, 0.5) is 11.5 Å². The van der Waals surface area contributed by atoms with E-state index >= 15 is 0 Å². The summed E-state index contributed by atoms with van der Waals surface area (Å²) in [5, 5.41) is 7.34. The van der Waals surface area contributed by atoms with Crippen molar-refractivity contribution < 1.29 is 4.79 Å². The summed E-state index contributed by atoms with van der Waals surface area (Å²) in [6.45, 7) is 2.85. The molecular weight excluding hydrogens is 224 g/mol. The van der Waals surface area contributed by atoms with E-state index in [2.05, 4.69) is 15.3 Å². The van der Waals surface area contributed by atoms with Crippen LogP contribution in [-0.2, 0) is 11.8 Å². The highest BCUT2D eigenvalue weighted by atomic mass is 32.2. The van der Waals surface area contributed by atoms with Gasteiger partial charge in [0.05, 0.1) is 5.69 Å². The average Bonchev–Trinajstić information content (AvgIpc) is 2.55. The number of nitrogens with one attached hydrogen (secondary N) is 1. The second-order valence-electron chi connectivity index (χ2n) is 4.18. The summed E-state index contributed by atoms with van der Waals surface area (Å²) in [5.41, 5.74) is 1.78. The second kappa shape index (κ2) is 3.41. The number of rotatable bonds is 0. The molecule has 1 unspecified atom stereocenters. The van der Waals surface area contributed by atoms with Crippen LogP contribution in [0.2, 0.25) is 0 Å². The summed E-state index contributed by atoms with van der Waals surface area (Å²) < 4.78 is 1.87. The van der Waals surface area contributed by atoms with Gasteiger partial charge < -0.3 is 10.2 Å². The van der Waals surface area contributed by atoms with Crippen LogP contribution in [0.15, 0.2) is 0 Å². The van der Waals surface area contributed by atoms with E-state index in [4.69, 9.17) is 0 Å². The first-order valence-corrected chi connectivity index (χ1v) is 6.53. The molecule has 0 aliphatic carbocycles. The highest BCUT2D eigenvalue weighted by molar-refractivity contribution is 7.99. The van der Waals surface area contributed by atoms with Crippen LogP contribution >= 0.6 is 11.8 Å². The van der Waals surface area contributed by atoms with Gasteiger partial charge in [0.1, 0.15) is 11.7 Å². The first kappa shape index (κ1) is 10.0. The Morgan fingerprint density at radius 1 is 1.56 bits per heavy atom. The van der Waals surface area contributed by atoms with E-state index in [1.807, 2.05) is 30.4 Å². The molecule has 1 fully saturated rings. The van der Waals surface area contributed by atoms with Crippen LogP contribution in [-0.4, -0.2) is 39.8 Å². The molecule has 1 amide bonds. The normalized spacial score (nSPS) is 23.8.